The maximum Gasteiger partial charge on any atom is 0.0406 e. The minimum Gasteiger partial charge on any atom is -0.0917 e. The maximum atomic E-state index is 6.02. The SMILES string of the molecule is C/C=C/CCC1CCC2CC(c3ccc(Cl)cc3)CCC2C1. The molecule has 0 bridgehead atoms. The van der Waals surface area contributed by atoms with Gasteiger partial charge in [-0.05, 0) is 93.2 Å². The van der Waals surface area contributed by atoms with Crippen molar-refractivity contribution in [2.45, 2.75) is 64.2 Å². The predicted molar refractivity (Wildman–Crippen MR) is 96.4 cm³/mol. The van der Waals surface area contributed by atoms with Crippen LogP contribution in [0.5, 0.6) is 0 Å². The lowest BCUT2D eigenvalue weighted by Gasteiger charge is -2.42. The zero-order valence-electron chi connectivity index (χ0n) is 13.8. The molecule has 2 aliphatic carbocycles. The quantitative estimate of drug-likeness (QED) is 0.525. The predicted octanol–water partition coefficient (Wildman–Crippen LogP) is 7.00. The van der Waals surface area contributed by atoms with Gasteiger partial charge >= 0.3 is 0 Å². The molecule has 4 atom stereocenters. The minimum atomic E-state index is 0.776. The van der Waals surface area contributed by atoms with Crippen LogP contribution in [-0.2, 0) is 0 Å². The lowest BCUT2D eigenvalue weighted by Crippen LogP contribution is -2.30. The van der Waals surface area contributed by atoms with E-state index in [1.165, 1.54) is 56.9 Å². The molecule has 0 saturated heterocycles. The summed E-state index contributed by atoms with van der Waals surface area (Å²) in [5, 5.41) is 0.860. The highest BCUT2D eigenvalue weighted by molar-refractivity contribution is 6.30. The molecule has 0 aromatic heterocycles. The highest BCUT2D eigenvalue weighted by atomic mass is 35.5. The summed E-state index contributed by atoms with van der Waals surface area (Å²) < 4.78 is 0. The molecular weight excluding hydrogens is 288 g/mol. The second-order valence-electron chi connectivity index (χ2n) is 7.41. The summed E-state index contributed by atoms with van der Waals surface area (Å²) in [4.78, 5) is 0. The molecule has 0 amide bonds. The molecule has 0 radical (unpaired) electrons. The third-order valence-electron chi connectivity index (χ3n) is 6.04. The van der Waals surface area contributed by atoms with E-state index in [9.17, 15) is 0 Å². The van der Waals surface area contributed by atoms with Gasteiger partial charge in [0.25, 0.3) is 0 Å². The molecule has 0 nitrogen and oxygen atoms in total. The van der Waals surface area contributed by atoms with Gasteiger partial charge in [-0.3, -0.25) is 0 Å². The van der Waals surface area contributed by atoms with Crippen LogP contribution < -0.4 is 0 Å². The molecule has 1 aromatic rings. The normalized spacial score (nSPS) is 32.1. The van der Waals surface area contributed by atoms with E-state index in [0.717, 1.165) is 28.7 Å². The van der Waals surface area contributed by atoms with E-state index in [2.05, 4.69) is 43.3 Å². The molecule has 0 heterocycles. The summed E-state index contributed by atoms with van der Waals surface area (Å²) in [5.41, 5.74) is 1.51. The molecule has 0 N–H and O–H groups in total. The van der Waals surface area contributed by atoms with E-state index in [4.69, 9.17) is 11.6 Å². The first kappa shape index (κ1) is 16.1. The molecule has 2 saturated carbocycles. The molecule has 1 heteroatoms. The fraction of sp³-hybridized carbons (Fsp3) is 0.619. The number of rotatable bonds is 4. The molecule has 2 aliphatic rings. The summed E-state index contributed by atoms with van der Waals surface area (Å²) >= 11 is 6.02. The van der Waals surface area contributed by atoms with Crippen molar-refractivity contribution in [3.8, 4) is 0 Å². The fourth-order valence-corrected chi connectivity index (χ4v) is 4.91. The summed E-state index contributed by atoms with van der Waals surface area (Å²) in [6, 6.07) is 8.61. The minimum absolute atomic E-state index is 0.776. The Hall–Kier alpha value is -0.750. The number of benzene rings is 1. The molecule has 1 aromatic carbocycles. The van der Waals surface area contributed by atoms with Crippen LogP contribution in [-0.4, -0.2) is 0 Å². The van der Waals surface area contributed by atoms with Gasteiger partial charge in [0.05, 0.1) is 0 Å². The Kier molecular flexibility index (Phi) is 5.63. The smallest absolute Gasteiger partial charge is 0.0406 e. The van der Waals surface area contributed by atoms with Gasteiger partial charge in [-0.15, -0.1) is 0 Å². The van der Waals surface area contributed by atoms with E-state index >= 15 is 0 Å². The topological polar surface area (TPSA) is 0 Å². The van der Waals surface area contributed by atoms with Crippen LogP contribution in [0.25, 0.3) is 0 Å². The van der Waals surface area contributed by atoms with Gasteiger partial charge in [0.2, 0.25) is 0 Å². The zero-order valence-corrected chi connectivity index (χ0v) is 14.6. The van der Waals surface area contributed by atoms with Gasteiger partial charge in [0.15, 0.2) is 0 Å². The Morgan fingerprint density at radius 3 is 2.50 bits per heavy atom. The van der Waals surface area contributed by atoms with Crippen molar-refractivity contribution in [2.75, 3.05) is 0 Å². The average Bonchev–Trinajstić information content (AvgIpc) is 2.55. The Balaban J connectivity index is 1.54. The Morgan fingerprint density at radius 1 is 1.00 bits per heavy atom. The number of fused-ring (bicyclic) bond motifs is 1. The summed E-state index contributed by atoms with van der Waals surface area (Å²) in [5.74, 6) is 3.75. The largest absolute Gasteiger partial charge is 0.0917 e. The van der Waals surface area contributed by atoms with Crippen molar-refractivity contribution in [3.05, 3.63) is 47.0 Å². The van der Waals surface area contributed by atoms with E-state index in [0.29, 0.717) is 0 Å². The van der Waals surface area contributed by atoms with Crippen LogP contribution in [0.1, 0.15) is 69.8 Å². The van der Waals surface area contributed by atoms with Gasteiger partial charge in [0, 0.05) is 5.02 Å². The molecule has 22 heavy (non-hydrogen) atoms. The van der Waals surface area contributed by atoms with Crippen LogP contribution in [0, 0.1) is 17.8 Å². The number of halogens is 1. The van der Waals surface area contributed by atoms with Gasteiger partial charge in [-0.2, -0.15) is 0 Å². The van der Waals surface area contributed by atoms with Crippen molar-refractivity contribution < 1.29 is 0 Å². The lowest BCUT2D eigenvalue weighted by atomic mass is 9.63. The van der Waals surface area contributed by atoms with Crippen LogP contribution in [0.2, 0.25) is 5.02 Å². The third kappa shape index (κ3) is 3.96. The summed E-state index contributed by atoms with van der Waals surface area (Å²) in [6.07, 6.45) is 15.9. The Bertz CT molecular complexity index is 487. The van der Waals surface area contributed by atoms with Crippen molar-refractivity contribution >= 4 is 11.6 Å². The average molecular weight is 317 g/mol. The second-order valence-corrected chi connectivity index (χ2v) is 7.84. The van der Waals surface area contributed by atoms with E-state index < -0.39 is 0 Å². The van der Waals surface area contributed by atoms with Crippen LogP contribution in [0.4, 0.5) is 0 Å². The molecule has 0 spiro atoms. The van der Waals surface area contributed by atoms with E-state index in [1.54, 1.807) is 0 Å². The van der Waals surface area contributed by atoms with Crippen molar-refractivity contribution in [2.24, 2.45) is 17.8 Å². The van der Waals surface area contributed by atoms with Gasteiger partial charge in [0.1, 0.15) is 0 Å². The zero-order chi connectivity index (χ0) is 15.4. The number of allylic oxidation sites excluding steroid dienone is 2. The number of hydrogen-bond acceptors (Lipinski definition) is 0. The van der Waals surface area contributed by atoms with Crippen LogP contribution in [0.3, 0.4) is 0 Å². The summed E-state index contributed by atoms with van der Waals surface area (Å²) in [7, 11) is 0. The maximum absolute atomic E-state index is 6.02. The van der Waals surface area contributed by atoms with Crippen molar-refractivity contribution in [3.63, 3.8) is 0 Å². The molecule has 2 fully saturated rings. The van der Waals surface area contributed by atoms with Gasteiger partial charge in [-0.25, -0.2) is 0 Å². The van der Waals surface area contributed by atoms with Gasteiger partial charge in [-0.1, -0.05) is 42.3 Å². The molecule has 0 aliphatic heterocycles. The fourth-order valence-electron chi connectivity index (χ4n) is 4.78. The second kappa shape index (κ2) is 7.68. The highest BCUT2D eigenvalue weighted by Gasteiger charge is 2.35. The molecule has 120 valence electrons. The first-order chi connectivity index (χ1) is 10.8. The highest BCUT2D eigenvalue weighted by Crippen LogP contribution is 2.48. The van der Waals surface area contributed by atoms with Crippen LogP contribution in [0.15, 0.2) is 36.4 Å². The van der Waals surface area contributed by atoms with E-state index in [-0.39, 0.29) is 0 Å². The Labute approximate surface area is 141 Å². The molecule has 3 rings (SSSR count). The van der Waals surface area contributed by atoms with E-state index in [1.807, 2.05) is 0 Å². The summed E-state index contributed by atoms with van der Waals surface area (Å²) in [6.45, 7) is 2.13. The van der Waals surface area contributed by atoms with Crippen LogP contribution >= 0.6 is 11.6 Å². The molecule has 4 unspecified atom stereocenters. The first-order valence-corrected chi connectivity index (χ1v) is 9.50. The molecular formula is C21H29Cl. The number of hydrogen-bond donors (Lipinski definition) is 0. The Morgan fingerprint density at radius 2 is 1.73 bits per heavy atom. The lowest BCUT2D eigenvalue weighted by molar-refractivity contribution is 0.115. The third-order valence-corrected chi connectivity index (χ3v) is 6.29. The van der Waals surface area contributed by atoms with Crippen molar-refractivity contribution in [1.82, 2.24) is 0 Å². The first-order valence-electron chi connectivity index (χ1n) is 9.13. The standard InChI is InChI=1S/C21H29Cl/c1-2-3-4-5-16-6-7-20-15-19(9-8-18(20)14-16)17-10-12-21(22)13-11-17/h2-3,10-13,16,18-20H,4-9,14-15H2,1H3/b3-2+. The van der Waals surface area contributed by atoms with Crippen molar-refractivity contribution in [1.29, 1.82) is 0 Å². The monoisotopic (exact) mass is 316 g/mol. The van der Waals surface area contributed by atoms with Gasteiger partial charge < -0.3 is 0 Å².